The van der Waals surface area contributed by atoms with Crippen LogP contribution in [0.5, 0.6) is 0 Å². The van der Waals surface area contributed by atoms with Gasteiger partial charge in [0.15, 0.2) is 6.61 Å². The van der Waals surface area contributed by atoms with Crippen molar-refractivity contribution in [2.45, 2.75) is 0 Å². The first-order valence-corrected chi connectivity index (χ1v) is 5.54. The van der Waals surface area contributed by atoms with Crippen LogP contribution in [0.15, 0.2) is 48.8 Å². The van der Waals surface area contributed by atoms with Gasteiger partial charge in [-0.05, 0) is 36.4 Å². The number of hydrogen-bond acceptors (Lipinski definition) is 3. The molecule has 0 aliphatic rings. The van der Waals surface area contributed by atoms with Crippen molar-refractivity contribution in [3.8, 4) is 5.69 Å². The van der Waals surface area contributed by atoms with Crippen molar-refractivity contribution in [2.24, 2.45) is 0 Å². The van der Waals surface area contributed by atoms with E-state index in [-0.39, 0.29) is 0 Å². The van der Waals surface area contributed by atoms with Crippen LogP contribution in [0.25, 0.3) is 5.69 Å². The summed E-state index contributed by atoms with van der Waals surface area (Å²) in [5.41, 5.74) is 3.37. The van der Waals surface area contributed by atoms with E-state index in [1.807, 2.05) is 29.1 Å². The smallest absolute Gasteiger partial charge is 0.332 e. The van der Waals surface area contributed by atoms with Gasteiger partial charge in [-0.25, -0.2) is 10.3 Å². The first kappa shape index (κ1) is 12.8. The number of nitrogens with zero attached hydrogens (tertiary/aromatic N) is 1. The monoisotopic (exact) mass is 260 g/mol. The van der Waals surface area contributed by atoms with Gasteiger partial charge in [0.1, 0.15) is 0 Å². The van der Waals surface area contributed by atoms with Crippen molar-refractivity contribution >= 4 is 11.9 Å². The predicted octanol–water partition coefficient (Wildman–Crippen LogP) is 1.22. The molecule has 0 unspecified atom stereocenters. The number of carboxylic acid groups (broad SMARTS) is 1. The minimum atomic E-state index is -1.15. The molecule has 1 amide bonds. The van der Waals surface area contributed by atoms with E-state index in [2.05, 4.69) is 10.3 Å². The Hall–Kier alpha value is -2.60. The van der Waals surface area contributed by atoms with E-state index >= 15 is 0 Å². The second-order valence-electron chi connectivity index (χ2n) is 3.75. The van der Waals surface area contributed by atoms with Crippen LogP contribution in [0.3, 0.4) is 0 Å². The molecule has 0 aliphatic carbocycles. The maximum atomic E-state index is 11.6. The highest BCUT2D eigenvalue weighted by Crippen LogP contribution is 2.09. The van der Waals surface area contributed by atoms with E-state index in [9.17, 15) is 9.59 Å². The summed E-state index contributed by atoms with van der Waals surface area (Å²) in [5, 5.41) is 8.36. The number of carbonyl (C=O) groups is 2. The fourth-order valence-electron chi connectivity index (χ4n) is 1.51. The topological polar surface area (TPSA) is 80.6 Å². The summed E-state index contributed by atoms with van der Waals surface area (Å²) >= 11 is 0. The van der Waals surface area contributed by atoms with E-state index in [4.69, 9.17) is 5.11 Å². The van der Waals surface area contributed by atoms with E-state index in [0.717, 1.165) is 5.69 Å². The highest BCUT2D eigenvalue weighted by Gasteiger charge is 2.06. The molecule has 6 nitrogen and oxygen atoms in total. The number of rotatable bonds is 5. The van der Waals surface area contributed by atoms with Crippen molar-refractivity contribution in [1.29, 1.82) is 0 Å². The van der Waals surface area contributed by atoms with Gasteiger partial charge in [0.25, 0.3) is 5.91 Å². The molecule has 1 aromatic carbocycles. The van der Waals surface area contributed by atoms with Crippen LogP contribution < -0.4 is 5.48 Å². The summed E-state index contributed by atoms with van der Waals surface area (Å²) in [6.45, 7) is -0.576. The van der Waals surface area contributed by atoms with Crippen LogP contribution in [0.4, 0.5) is 0 Å². The zero-order valence-corrected chi connectivity index (χ0v) is 9.95. The highest BCUT2D eigenvalue weighted by molar-refractivity contribution is 5.93. The SMILES string of the molecule is O=C(O)CONC(=O)c1ccc(-n2cccc2)cc1. The lowest BCUT2D eigenvalue weighted by Gasteiger charge is -2.06. The summed E-state index contributed by atoms with van der Waals surface area (Å²) in [4.78, 5) is 26.3. The highest BCUT2D eigenvalue weighted by atomic mass is 16.7. The van der Waals surface area contributed by atoms with Gasteiger partial charge in [0, 0.05) is 23.6 Å². The van der Waals surface area contributed by atoms with E-state index in [1.165, 1.54) is 0 Å². The fourth-order valence-corrected chi connectivity index (χ4v) is 1.51. The number of aromatic nitrogens is 1. The minimum Gasteiger partial charge on any atom is -0.479 e. The van der Waals surface area contributed by atoms with Crippen LogP contribution in [0.2, 0.25) is 0 Å². The zero-order chi connectivity index (χ0) is 13.7. The Morgan fingerprint density at radius 3 is 2.37 bits per heavy atom. The summed E-state index contributed by atoms with van der Waals surface area (Å²) in [6.07, 6.45) is 3.79. The van der Waals surface area contributed by atoms with Gasteiger partial charge in [-0.2, -0.15) is 0 Å². The third-order valence-corrected chi connectivity index (χ3v) is 2.39. The third kappa shape index (κ3) is 3.43. The first-order valence-electron chi connectivity index (χ1n) is 5.54. The largest absolute Gasteiger partial charge is 0.479 e. The molecule has 0 saturated carbocycles. The molecule has 6 heteroatoms. The van der Waals surface area contributed by atoms with Crippen LogP contribution in [-0.2, 0) is 9.63 Å². The standard InChI is InChI=1S/C13H12N2O4/c16-12(17)9-19-14-13(18)10-3-5-11(6-4-10)15-7-1-2-8-15/h1-8H,9H2,(H,14,18)(H,16,17). The van der Waals surface area contributed by atoms with Crippen molar-refractivity contribution in [1.82, 2.24) is 10.0 Å². The molecule has 1 aromatic heterocycles. The first-order chi connectivity index (χ1) is 9.16. The molecule has 2 rings (SSSR count). The van der Waals surface area contributed by atoms with Gasteiger partial charge < -0.3 is 9.67 Å². The van der Waals surface area contributed by atoms with Crippen LogP contribution >= 0.6 is 0 Å². The quantitative estimate of drug-likeness (QED) is 0.792. The lowest BCUT2D eigenvalue weighted by atomic mass is 10.2. The Balaban J connectivity index is 1.98. The molecule has 0 saturated heterocycles. The van der Waals surface area contributed by atoms with Gasteiger partial charge in [0.2, 0.25) is 0 Å². The Morgan fingerprint density at radius 1 is 1.16 bits per heavy atom. The third-order valence-electron chi connectivity index (χ3n) is 2.39. The zero-order valence-electron chi connectivity index (χ0n) is 9.95. The number of amides is 1. The van der Waals surface area contributed by atoms with Gasteiger partial charge >= 0.3 is 5.97 Å². The van der Waals surface area contributed by atoms with Gasteiger partial charge in [-0.3, -0.25) is 9.63 Å². The molecule has 0 bridgehead atoms. The maximum absolute atomic E-state index is 11.6. The molecule has 2 N–H and O–H groups in total. The maximum Gasteiger partial charge on any atom is 0.332 e. The minimum absolute atomic E-state index is 0.390. The van der Waals surface area contributed by atoms with E-state index < -0.39 is 18.5 Å². The Bertz CT molecular complexity index is 561. The lowest BCUT2D eigenvalue weighted by Crippen LogP contribution is -2.26. The number of nitrogens with one attached hydrogen (secondary N) is 1. The summed E-state index contributed by atoms with van der Waals surface area (Å²) in [7, 11) is 0. The van der Waals surface area contributed by atoms with Gasteiger partial charge in [-0.1, -0.05) is 0 Å². The second kappa shape index (κ2) is 5.83. The number of hydrogen-bond donors (Lipinski definition) is 2. The Labute approximate surface area is 109 Å². The average molecular weight is 260 g/mol. The molecular weight excluding hydrogens is 248 g/mol. The molecule has 1 heterocycles. The summed E-state index contributed by atoms with van der Waals surface area (Å²) in [6, 6.07) is 10.6. The fraction of sp³-hybridized carbons (Fsp3) is 0.0769. The number of aliphatic carboxylic acids is 1. The van der Waals surface area contributed by atoms with Crippen LogP contribution in [0.1, 0.15) is 10.4 Å². The molecule has 0 atom stereocenters. The molecule has 0 aliphatic heterocycles. The van der Waals surface area contributed by atoms with Crippen molar-refractivity contribution in [2.75, 3.05) is 6.61 Å². The number of benzene rings is 1. The van der Waals surface area contributed by atoms with E-state index in [1.54, 1.807) is 24.3 Å². The number of carbonyl (C=O) groups excluding carboxylic acids is 1. The molecule has 0 fully saturated rings. The number of carboxylic acids is 1. The van der Waals surface area contributed by atoms with Crippen molar-refractivity contribution in [3.05, 3.63) is 54.4 Å². The molecule has 19 heavy (non-hydrogen) atoms. The number of hydroxylamine groups is 1. The summed E-state index contributed by atoms with van der Waals surface area (Å²) < 4.78 is 1.91. The molecular formula is C13H12N2O4. The van der Waals surface area contributed by atoms with Gasteiger partial charge in [0.05, 0.1) is 0 Å². The summed E-state index contributed by atoms with van der Waals surface area (Å²) in [5.74, 6) is -1.64. The Kier molecular flexibility index (Phi) is 3.94. The van der Waals surface area contributed by atoms with E-state index in [0.29, 0.717) is 5.56 Å². The van der Waals surface area contributed by atoms with Crippen molar-refractivity contribution in [3.63, 3.8) is 0 Å². The van der Waals surface area contributed by atoms with Crippen molar-refractivity contribution < 1.29 is 19.5 Å². The molecule has 98 valence electrons. The lowest BCUT2D eigenvalue weighted by molar-refractivity contribution is -0.144. The second-order valence-corrected chi connectivity index (χ2v) is 3.75. The normalized spacial score (nSPS) is 10.1. The average Bonchev–Trinajstić information content (AvgIpc) is 2.92. The molecule has 0 spiro atoms. The van der Waals surface area contributed by atoms with Crippen LogP contribution in [0, 0.1) is 0 Å². The van der Waals surface area contributed by atoms with Crippen LogP contribution in [-0.4, -0.2) is 28.2 Å². The van der Waals surface area contributed by atoms with Gasteiger partial charge in [-0.15, -0.1) is 0 Å². The molecule has 0 radical (unpaired) electrons. The molecule has 2 aromatic rings. The predicted molar refractivity (Wildman–Crippen MR) is 66.8 cm³/mol. The Morgan fingerprint density at radius 2 is 1.79 bits per heavy atom.